The van der Waals surface area contributed by atoms with Gasteiger partial charge < -0.3 is 5.32 Å². The molecule has 3 nitrogen and oxygen atoms in total. The maximum atomic E-state index is 13.4. The van der Waals surface area contributed by atoms with Crippen LogP contribution in [0.2, 0.25) is 0 Å². The van der Waals surface area contributed by atoms with Crippen molar-refractivity contribution in [1.29, 1.82) is 0 Å². The van der Waals surface area contributed by atoms with Crippen molar-refractivity contribution in [2.24, 2.45) is 0 Å². The van der Waals surface area contributed by atoms with E-state index in [-0.39, 0.29) is 24.2 Å². The predicted octanol–water partition coefficient (Wildman–Crippen LogP) is 5.15. The van der Waals surface area contributed by atoms with Gasteiger partial charge in [0.15, 0.2) is 0 Å². The van der Waals surface area contributed by atoms with Crippen LogP contribution in [-0.4, -0.2) is 10.9 Å². The van der Waals surface area contributed by atoms with Crippen LogP contribution in [0, 0.1) is 5.82 Å². The van der Waals surface area contributed by atoms with E-state index in [4.69, 9.17) is 0 Å². The zero-order chi connectivity index (χ0) is 18.4. The molecule has 3 aromatic rings. The van der Waals surface area contributed by atoms with Gasteiger partial charge in [0.1, 0.15) is 10.8 Å². The first-order valence-electron chi connectivity index (χ1n) is 8.70. The van der Waals surface area contributed by atoms with Crippen LogP contribution in [0.5, 0.6) is 0 Å². The van der Waals surface area contributed by atoms with Crippen molar-refractivity contribution in [3.05, 3.63) is 77.1 Å². The SMILES string of the molecule is CCCC(NC(=O)Cc1csc(-c2cccc(F)c2)n1)c1ccccc1. The molecule has 3 rings (SSSR count). The Morgan fingerprint density at radius 2 is 2.00 bits per heavy atom. The van der Waals surface area contributed by atoms with Gasteiger partial charge in [0, 0.05) is 10.9 Å². The van der Waals surface area contributed by atoms with Gasteiger partial charge in [-0.25, -0.2) is 9.37 Å². The van der Waals surface area contributed by atoms with Crippen LogP contribution in [0.4, 0.5) is 4.39 Å². The van der Waals surface area contributed by atoms with Gasteiger partial charge in [0.2, 0.25) is 5.91 Å². The summed E-state index contributed by atoms with van der Waals surface area (Å²) in [7, 11) is 0. The van der Waals surface area contributed by atoms with Crippen molar-refractivity contribution in [3.63, 3.8) is 0 Å². The summed E-state index contributed by atoms with van der Waals surface area (Å²) in [6.45, 7) is 2.10. The lowest BCUT2D eigenvalue weighted by atomic mass is 10.0. The molecule has 2 aromatic carbocycles. The van der Waals surface area contributed by atoms with E-state index in [2.05, 4.69) is 17.2 Å². The summed E-state index contributed by atoms with van der Waals surface area (Å²) >= 11 is 1.42. The molecule has 0 saturated heterocycles. The van der Waals surface area contributed by atoms with Gasteiger partial charge >= 0.3 is 0 Å². The number of carbonyl (C=O) groups excluding carboxylic acids is 1. The Morgan fingerprint density at radius 1 is 1.19 bits per heavy atom. The summed E-state index contributed by atoms with van der Waals surface area (Å²) < 4.78 is 13.4. The highest BCUT2D eigenvalue weighted by molar-refractivity contribution is 7.13. The molecule has 0 fully saturated rings. The molecule has 134 valence electrons. The van der Waals surface area contributed by atoms with E-state index < -0.39 is 0 Å². The zero-order valence-electron chi connectivity index (χ0n) is 14.6. The second-order valence-corrected chi connectivity index (χ2v) is 7.01. The third-order valence-electron chi connectivity index (χ3n) is 4.08. The number of hydrogen-bond donors (Lipinski definition) is 1. The fraction of sp³-hybridized carbons (Fsp3) is 0.238. The molecule has 5 heteroatoms. The van der Waals surface area contributed by atoms with Crippen LogP contribution in [-0.2, 0) is 11.2 Å². The highest BCUT2D eigenvalue weighted by Gasteiger charge is 2.15. The molecular formula is C21H21FN2OS. The zero-order valence-corrected chi connectivity index (χ0v) is 15.4. The van der Waals surface area contributed by atoms with E-state index in [1.54, 1.807) is 6.07 Å². The number of carbonyl (C=O) groups is 1. The largest absolute Gasteiger partial charge is 0.349 e. The first-order valence-corrected chi connectivity index (χ1v) is 9.58. The minimum absolute atomic E-state index is 0.00928. The minimum atomic E-state index is -0.290. The number of benzene rings is 2. The van der Waals surface area contributed by atoms with Crippen LogP contribution in [0.25, 0.3) is 10.6 Å². The van der Waals surface area contributed by atoms with Crippen LogP contribution in [0.1, 0.15) is 37.1 Å². The lowest BCUT2D eigenvalue weighted by molar-refractivity contribution is -0.121. The molecule has 1 N–H and O–H groups in total. The predicted molar refractivity (Wildman–Crippen MR) is 103 cm³/mol. The van der Waals surface area contributed by atoms with Crippen molar-refractivity contribution in [1.82, 2.24) is 10.3 Å². The number of halogens is 1. The molecule has 0 bridgehead atoms. The minimum Gasteiger partial charge on any atom is -0.349 e. The summed E-state index contributed by atoms with van der Waals surface area (Å²) in [5, 5.41) is 5.69. The van der Waals surface area contributed by atoms with Gasteiger partial charge in [-0.3, -0.25) is 4.79 Å². The standard InChI is InChI=1S/C21H21FN2OS/c1-2-7-19(15-8-4-3-5-9-15)24-20(25)13-18-14-26-21(23-18)16-10-6-11-17(22)12-16/h3-6,8-12,14,19H,2,7,13H2,1H3,(H,24,25). The Balaban J connectivity index is 1.66. The van der Waals surface area contributed by atoms with E-state index in [9.17, 15) is 9.18 Å². The second kappa shape index (κ2) is 8.72. The van der Waals surface area contributed by atoms with E-state index >= 15 is 0 Å². The Bertz CT molecular complexity index is 863. The highest BCUT2D eigenvalue weighted by atomic mass is 32.1. The summed E-state index contributed by atoms with van der Waals surface area (Å²) in [6, 6.07) is 16.3. The van der Waals surface area contributed by atoms with Gasteiger partial charge in [0.05, 0.1) is 18.2 Å². The smallest absolute Gasteiger partial charge is 0.226 e. The molecule has 1 heterocycles. The van der Waals surface area contributed by atoms with E-state index in [1.165, 1.54) is 23.5 Å². The van der Waals surface area contributed by atoms with Crippen LogP contribution < -0.4 is 5.32 Å². The first kappa shape index (κ1) is 18.3. The van der Waals surface area contributed by atoms with Crippen molar-refractivity contribution in [3.8, 4) is 10.6 Å². The third-order valence-corrected chi connectivity index (χ3v) is 5.02. The number of thiazole rings is 1. The van der Waals surface area contributed by atoms with Gasteiger partial charge in [-0.1, -0.05) is 55.8 Å². The first-order chi connectivity index (χ1) is 12.7. The van der Waals surface area contributed by atoms with Crippen LogP contribution in [0.3, 0.4) is 0 Å². The average Bonchev–Trinajstić information content (AvgIpc) is 3.10. The molecule has 0 spiro atoms. The van der Waals surface area contributed by atoms with Gasteiger partial charge in [-0.2, -0.15) is 0 Å². The molecule has 0 aliphatic rings. The fourth-order valence-corrected chi connectivity index (χ4v) is 3.67. The van der Waals surface area contributed by atoms with E-state index in [0.29, 0.717) is 5.69 Å². The van der Waals surface area contributed by atoms with Crippen molar-refractivity contribution in [2.75, 3.05) is 0 Å². The van der Waals surface area contributed by atoms with Crippen molar-refractivity contribution in [2.45, 2.75) is 32.2 Å². The number of amides is 1. The summed E-state index contributed by atoms with van der Waals surface area (Å²) in [4.78, 5) is 16.9. The Labute approximate surface area is 156 Å². The highest BCUT2D eigenvalue weighted by Crippen LogP contribution is 2.25. The molecule has 1 unspecified atom stereocenters. The molecular weight excluding hydrogens is 347 g/mol. The Kier molecular flexibility index (Phi) is 6.12. The quantitative estimate of drug-likeness (QED) is 0.627. The van der Waals surface area contributed by atoms with Crippen LogP contribution >= 0.6 is 11.3 Å². The maximum Gasteiger partial charge on any atom is 0.226 e. The van der Waals surface area contributed by atoms with Crippen molar-refractivity contribution >= 4 is 17.2 Å². The second-order valence-electron chi connectivity index (χ2n) is 6.15. The third kappa shape index (κ3) is 4.76. The fourth-order valence-electron chi connectivity index (χ4n) is 2.85. The number of hydrogen-bond acceptors (Lipinski definition) is 3. The lowest BCUT2D eigenvalue weighted by Gasteiger charge is -2.18. The summed E-state index contributed by atoms with van der Waals surface area (Å²) in [6.07, 6.45) is 2.10. The van der Waals surface area contributed by atoms with Gasteiger partial charge in [0.25, 0.3) is 0 Å². The monoisotopic (exact) mass is 368 g/mol. The molecule has 26 heavy (non-hydrogen) atoms. The lowest BCUT2D eigenvalue weighted by Crippen LogP contribution is -2.29. The number of aromatic nitrogens is 1. The summed E-state index contributed by atoms with van der Waals surface area (Å²) in [5.74, 6) is -0.342. The summed E-state index contributed by atoms with van der Waals surface area (Å²) in [5.41, 5.74) is 2.55. The van der Waals surface area contributed by atoms with E-state index in [1.807, 2.05) is 41.8 Å². The molecule has 0 aliphatic heterocycles. The molecule has 1 aromatic heterocycles. The molecule has 1 atom stereocenters. The maximum absolute atomic E-state index is 13.4. The molecule has 1 amide bonds. The normalized spacial score (nSPS) is 11.9. The number of nitrogens with one attached hydrogen (secondary N) is 1. The Hall–Kier alpha value is -2.53. The average molecular weight is 368 g/mol. The topological polar surface area (TPSA) is 42.0 Å². The molecule has 0 aliphatic carbocycles. The molecule has 0 radical (unpaired) electrons. The number of rotatable bonds is 7. The van der Waals surface area contributed by atoms with Crippen molar-refractivity contribution < 1.29 is 9.18 Å². The Morgan fingerprint density at radius 3 is 2.73 bits per heavy atom. The van der Waals surface area contributed by atoms with Gasteiger partial charge in [-0.15, -0.1) is 11.3 Å². The van der Waals surface area contributed by atoms with Gasteiger partial charge in [-0.05, 0) is 24.1 Å². The number of nitrogens with zero attached hydrogens (tertiary/aromatic N) is 1. The van der Waals surface area contributed by atoms with Crippen LogP contribution in [0.15, 0.2) is 60.0 Å². The van der Waals surface area contributed by atoms with E-state index in [0.717, 1.165) is 29.0 Å². The molecule has 0 saturated carbocycles.